The van der Waals surface area contributed by atoms with Crippen molar-refractivity contribution in [2.24, 2.45) is 4.99 Å². The largest absolute Gasteiger partial charge is 0.496 e. The number of aliphatic imine (C=N–C) groups is 1. The van der Waals surface area contributed by atoms with Crippen molar-refractivity contribution in [3.05, 3.63) is 29.3 Å². The molecule has 0 unspecified atom stereocenters. The Morgan fingerprint density at radius 3 is 2.57 bits per heavy atom. The lowest BCUT2D eigenvalue weighted by atomic mass is 10.1. The molecular weight excluding hydrogens is 471 g/mol. The molecule has 1 aliphatic rings. The molecule has 0 spiro atoms. The molecule has 2 rings (SSSR count). The molecule has 1 fully saturated rings. The highest BCUT2D eigenvalue weighted by atomic mass is 127. The Bertz CT molecular complexity index is 646. The first-order valence-electron chi connectivity index (χ1n) is 9.56. The average molecular weight is 504 g/mol. The van der Waals surface area contributed by atoms with E-state index in [0.29, 0.717) is 23.9 Å². The number of hydrogen-bond donors (Lipinski definition) is 2. The maximum absolute atomic E-state index is 11.9. The van der Waals surface area contributed by atoms with E-state index in [0.717, 1.165) is 37.5 Å². The smallest absolute Gasteiger partial charge is 0.341 e. The summed E-state index contributed by atoms with van der Waals surface area (Å²) in [6, 6.07) is 5.93. The maximum atomic E-state index is 11.9. The number of nitrogens with one attached hydrogen (secondary N) is 2. The Balaban J connectivity index is 0.00000392. The van der Waals surface area contributed by atoms with E-state index in [2.05, 4.69) is 27.4 Å². The van der Waals surface area contributed by atoms with Crippen molar-refractivity contribution in [3.8, 4) is 5.75 Å². The van der Waals surface area contributed by atoms with Gasteiger partial charge < -0.3 is 25.0 Å². The van der Waals surface area contributed by atoms with Gasteiger partial charge in [-0.05, 0) is 43.5 Å². The zero-order chi connectivity index (χ0) is 19.6. The number of nitrogens with zero attached hydrogens (tertiary/aromatic N) is 2. The van der Waals surface area contributed by atoms with Crippen LogP contribution in [0.4, 0.5) is 0 Å². The summed E-state index contributed by atoms with van der Waals surface area (Å²) in [5.41, 5.74) is 1.38. The van der Waals surface area contributed by atoms with E-state index in [4.69, 9.17) is 9.47 Å². The summed E-state index contributed by atoms with van der Waals surface area (Å²) in [7, 11) is 4.68. The molecule has 0 aliphatic carbocycles. The van der Waals surface area contributed by atoms with Gasteiger partial charge in [0.1, 0.15) is 11.3 Å². The summed E-state index contributed by atoms with van der Waals surface area (Å²) in [5.74, 6) is 0.876. The fourth-order valence-electron chi connectivity index (χ4n) is 3.33. The molecule has 1 aliphatic heterocycles. The lowest BCUT2D eigenvalue weighted by molar-refractivity contribution is 0.0597. The lowest BCUT2D eigenvalue weighted by Gasteiger charge is -2.32. The first-order chi connectivity index (χ1) is 13.1. The third-order valence-electron chi connectivity index (χ3n) is 4.82. The summed E-state index contributed by atoms with van der Waals surface area (Å²) in [4.78, 5) is 18.8. The van der Waals surface area contributed by atoms with Gasteiger partial charge in [0.15, 0.2) is 5.96 Å². The van der Waals surface area contributed by atoms with Gasteiger partial charge in [-0.1, -0.05) is 13.0 Å². The molecule has 1 aromatic carbocycles. The van der Waals surface area contributed by atoms with Crippen molar-refractivity contribution in [1.29, 1.82) is 0 Å². The SMILES string of the molecule is CCCN1CCC(NC(=NC)NCc2ccc(OC)c(C(=O)OC)c2)CC1.I. The third kappa shape index (κ3) is 7.12. The van der Waals surface area contributed by atoms with Gasteiger partial charge in [-0.15, -0.1) is 24.0 Å². The van der Waals surface area contributed by atoms with Crippen molar-refractivity contribution < 1.29 is 14.3 Å². The van der Waals surface area contributed by atoms with Gasteiger partial charge in [-0.2, -0.15) is 0 Å². The second kappa shape index (κ2) is 12.8. The molecule has 7 nitrogen and oxygen atoms in total. The van der Waals surface area contributed by atoms with Crippen LogP contribution in [0.25, 0.3) is 0 Å². The fourth-order valence-corrected chi connectivity index (χ4v) is 3.33. The number of guanidine groups is 1. The fraction of sp³-hybridized carbons (Fsp3) is 0.600. The maximum Gasteiger partial charge on any atom is 0.341 e. The van der Waals surface area contributed by atoms with Crippen LogP contribution in [0.2, 0.25) is 0 Å². The molecule has 0 saturated carbocycles. The minimum absolute atomic E-state index is 0. The van der Waals surface area contributed by atoms with Gasteiger partial charge in [-0.3, -0.25) is 4.99 Å². The van der Waals surface area contributed by atoms with Crippen LogP contribution >= 0.6 is 24.0 Å². The number of esters is 1. The Morgan fingerprint density at radius 2 is 2.00 bits per heavy atom. The predicted octanol–water partition coefficient (Wildman–Crippen LogP) is 2.64. The van der Waals surface area contributed by atoms with Crippen LogP contribution in [0.15, 0.2) is 23.2 Å². The van der Waals surface area contributed by atoms with Crippen LogP contribution in [-0.4, -0.2) is 63.8 Å². The number of piperidine rings is 1. The van der Waals surface area contributed by atoms with Gasteiger partial charge >= 0.3 is 5.97 Å². The van der Waals surface area contributed by atoms with Crippen LogP contribution in [0.1, 0.15) is 42.1 Å². The second-order valence-electron chi connectivity index (χ2n) is 6.71. The van der Waals surface area contributed by atoms with Gasteiger partial charge in [-0.25, -0.2) is 4.79 Å². The number of halogens is 1. The van der Waals surface area contributed by atoms with Crippen molar-refractivity contribution in [2.75, 3.05) is 40.9 Å². The summed E-state index contributed by atoms with van der Waals surface area (Å²) >= 11 is 0. The topological polar surface area (TPSA) is 75.2 Å². The Morgan fingerprint density at radius 1 is 1.29 bits per heavy atom. The summed E-state index contributed by atoms with van der Waals surface area (Å²) in [5, 5.41) is 6.83. The monoisotopic (exact) mass is 504 g/mol. The van der Waals surface area contributed by atoms with Gasteiger partial charge in [0, 0.05) is 32.7 Å². The Labute approximate surface area is 185 Å². The molecule has 158 valence electrons. The van der Waals surface area contributed by atoms with Crippen LogP contribution in [0.3, 0.4) is 0 Å². The highest BCUT2D eigenvalue weighted by Crippen LogP contribution is 2.20. The third-order valence-corrected chi connectivity index (χ3v) is 4.82. The predicted molar refractivity (Wildman–Crippen MR) is 123 cm³/mol. The number of carbonyl (C=O) groups excluding carboxylic acids is 1. The quantitative estimate of drug-likeness (QED) is 0.258. The number of carbonyl (C=O) groups is 1. The number of hydrogen-bond acceptors (Lipinski definition) is 5. The molecule has 28 heavy (non-hydrogen) atoms. The molecule has 0 bridgehead atoms. The normalized spacial score (nSPS) is 15.5. The highest BCUT2D eigenvalue weighted by Gasteiger charge is 2.19. The first kappa shape index (κ1) is 24.5. The summed E-state index contributed by atoms with van der Waals surface area (Å²) in [6.07, 6.45) is 3.45. The highest BCUT2D eigenvalue weighted by molar-refractivity contribution is 14.0. The van der Waals surface area contributed by atoms with Crippen LogP contribution in [0.5, 0.6) is 5.75 Å². The van der Waals surface area contributed by atoms with Crippen molar-refractivity contribution in [1.82, 2.24) is 15.5 Å². The van der Waals surface area contributed by atoms with E-state index in [9.17, 15) is 4.79 Å². The Hall–Kier alpha value is -1.55. The molecule has 1 saturated heterocycles. The van der Waals surface area contributed by atoms with E-state index in [-0.39, 0.29) is 24.0 Å². The molecule has 2 N–H and O–H groups in total. The van der Waals surface area contributed by atoms with E-state index in [1.165, 1.54) is 27.2 Å². The zero-order valence-electron chi connectivity index (χ0n) is 17.3. The molecule has 1 aromatic rings. The number of ether oxygens (including phenoxy) is 2. The zero-order valence-corrected chi connectivity index (χ0v) is 19.6. The number of likely N-dealkylation sites (tertiary alicyclic amines) is 1. The molecule has 1 heterocycles. The number of rotatable bonds is 7. The molecule has 0 radical (unpaired) electrons. The summed E-state index contributed by atoms with van der Waals surface area (Å²) in [6.45, 7) is 6.22. The van der Waals surface area contributed by atoms with Gasteiger partial charge in [0.2, 0.25) is 0 Å². The molecule has 0 amide bonds. The average Bonchev–Trinajstić information content (AvgIpc) is 2.71. The van der Waals surface area contributed by atoms with E-state index in [1.54, 1.807) is 19.2 Å². The molecule has 0 atom stereocenters. The van der Waals surface area contributed by atoms with Crippen molar-refractivity contribution >= 4 is 35.9 Å². The lowest BCUT2D eigenvalue weighted by Crippen LogP contribution is -2.48. The number of benzene rings is 1. The standard InChI is InChI=1S/C20H32N4O3.HI/c1-5-10-24-11-8-16(9-12-24)23-20(21-2)22-14-15-6-7-18(26-3)17(13-15)19(25)27-4;/h6-7,13,16H,5,8-12,14H2,1-4H3,(H2,21,22,23);1H. The van der Waals surface area contributed by atoms with E-state index in [1.807, 2.05) is 6.07 Å². The van der Waals surface area contributed by atoms with Crippen LogP contribution in [-0.2, 0) is 11.3 Å². The van der Waals surface area contributed by atoms with Crippen LogP contribution < -0.4 is 15.4 Å². The Kier molecular flexibility index (Phi) is 11.2. The van der Waals surface area contributed by atoms with Crippen LogP contribution in [0, 0.1) is 0 Å². The molecular formula is C20H33IN4O3. The van der Waals surface area contributed by atoms with Gasteiger partial charge in [0.25, 0.3) is 0 Å². The minimum atomic E-state index is -0.407. The molecule has 8 heteroatoms. The van der Waals surface area contributed by atoms with E-state index >= 15 is 0 Å². The molecule has 0 aromatic heterocycles. The van der Waals surface area contributed by atoms with Crippen molar-refractivity contribution in [2.45, 2.75) is 38.8 Å². The second-order valence-corrected chi connectivity index (χ2v) is 6.71. The van der Waals surface area contributed by atoms with E-state index < -0.39 is 5.97 Å². The van der Waals surface area contributed by atoms with Crippen molar-refractivity contribution in [3.63, 3.8) is 0 Å². The number of methoxy groups -OCH3 is 2. The summed E-state index contributed by atoms with van der Waals surface area (Å²) < 4.78 is 10.1. The minimum Gasteiger partial charge on any atom is -0.496 e. The first-order valence-corrected chi connectivity index (χ1v) is 9.56. The van der Waals surface area contributed by atoms with Gasteiger partial charge in [0.05, 0.1) is 14.2 Å².